The van der Waals surface area contributed by atoms with Crippen LogP contribution >= 0.6 is 11.8 Å². The van der Waals surface area contributed by atoms with Crippen LogP contribution in [0.3, 0.4) is 0 Å². The molecule has 3 amide bonds. The smallest absolute Gasteiger partial charge is 0.294 e. The van der Waals surface area contributed by atoms with Crippen molar-refractivity contribution in [3.05, 3.63) is 59.0 Å². The van der Waals surface area contributed by atoms with Gasteiger partial charge in [-0.1, -0.05) is 6.08 Å². The van der Waals surface area contributed by atoms with Gasteiger partial charge in [0.05, 0.1) is 19.1 Å². The Morgan fingerprint density at radius 3 is 2.63 bits per heavy atom. The van der Waals surface area contributed by atoms with Gasteiger partial charge in [0.25, 0.3) is 11.1 Å². The number of carbonyl (C=O) groups is 3. The molecule has 0 unspecified atom stereocenters. The van der Waals surface area contributed by atoms with Crippen molar-refractivity contribution in [1.29, 1.82) is 0 Å². The van der Waals surface area contributed by atoms with Crippen molar-refractivity contribution in [2.75, 3.05) is 39.3 Å². The zero-order valence-electron chi connectivity index (χ0n) is 19.3. The van der Waals surface area contributed by atoms with Crippen molar-refractivity contribution in [3.63, 3.8) is 0 Å². The van der Waals surface area contributed by atoms with Gasteiger partial charge in [0.1, 0.15) is 19.8 Å². The number of thioether (sulfide) groups is 1. The van der Waals surface area contributed by atoms with Crippen molar-refractivity contribution in [1.82, 2.24) is 4.90 Å². The van der Waals surface area contributed by atoms with Gasteiger partial charge in [0.2, 0.25) is 5.91 Å². The maximum atomic E-state index is 12.9. The molecule has 2 aliphatic rings. The third-order valence-electron chi connectivity index (χ3n) is 5.24. The van der Waals surface area contributed by atoms with Gasteiger partial charge in [-0.15, -0.1) is 6.58 Å². The Hall–Kier alpha value is -3.92. The number of nitrogens with one attached hydrogen (secondary N) is 1. The van der Waals surface area contributed by atoms with E-state index >= 15 is 0 Å². The summed E-state index contributed by atoms with van der Waals surface area (Å²) in [5.74, 6) is 1.14. The van der Waals surface area contributed by atoms with Crippen LogP contribution in [0.2, 0.25) is 0 Å². The minimum absolute atomic E-state index is 0.207. The molecule has 1 fully saturated rings. The molecule has 2 heterocycles. The number of imide groups is 1. The molecule has 4 rings (SSSR count). The van der Waals surface area contributed by atoms with Crippen LogP contribution in [0, 0.1) is 0 Å². The summed E-state index contributed by atoms with van der Waals surface area (Å²) in [7, 11) is 3.07. The van der Waals surface area contributed by atoms with E-state index in [1.807, 2.05) is 6.07 Å². The molecular weight excluding hydrogens is 472 g/mol. The topological polar surface area (TPSA) is 103 Å². The number of ether oxygens (including phenoxy) is 4. The van der Waals surface area contributed by atoms with Crippen LogP contribution in [-0.4, -0.2) is 55.9 Å². The average molecular weight is 497 g/mol. The molecule has 1 saturated heterocycles. The molecule has 0 aliphatic carbocycles. The fourth-order valence-electron chi connectivity index (χ4n) is 3.71. The predicted octanol–water partition coefficient (Wildman–Crippen LogP) is 3.88. The lowest BCUT2D eigenvalue weighted by molar-refractivity contribution is -0.127. The Kier molecular flexibility index (Phi) is 7.31. The first kappa shape index (κ1) is 24.2. The number of methoxy groups -OCH3 is 2. The van der Waals surface area contributed by atoms with Crippen LogP contribution < -0.4 is 24.3 Å². The molecule has 0 bridgehead atoms. The Labute approximate surface area is 206 Å². The lowest BCUT2D eigenvalue weighted by Crippen LogP contribution is -2.36. The van der Waals surface area contributed by atoms with E-state index < -0.39 is 23.6 Å². The summed E-state index contributed by atoms with van der Waals surface area (Å²) in [5, 5.41) is 2.16. The molecule has 2 aromatic carbocycles. The molecule has 10 heteroatoms. The number of anilines is 1. The van der Waals surface area contributed by atoms with Crippen molar-refractivity contribution in [2.45, 2.75) is 6.42 Å². The lowest BCUT2D eigenvalue weighted by atomic mass is 10.0. The molecule has 1 N–H and O–H groups in total. The summed E-state index contributed by atoms with van der Waals surface area (Å²) < 4.78 is 21.8. The Morgan fingerprint density at radius 1 is 1.14 bits per heavy atom. The molecule has 0 aromatic heterocycles. The number of fused-ring (bicyclic) bond motifs is 1. The zero-order chi connectivity index (χ0) is 24.9. The molecular formula is C25H24N2O7S. The highest BCUT2D eigenvalue weighted by Gasteiger charge is 2.36. The van der Waals surface area contributed by atoms with Gasteiger partial charge < -0.3 is 24.3 Å². The maximum Gasteiger partial charge on any atom is 0.294 e. The van der Waals surface area contributed by atoms with Crippen molar-refractivity contribution < 1.29 is 33.3 Å². The number of hydrogen-bond acceptors (Lipinski definition) is 8. The van der Waals surface area contributed by atoms with Gasteiger partial charge in [-0.2, -0.15) is 0 Å². The number of amides is 3. The van der Waals surface area contributed by atoms with Crippen LogP contribution in [0.1, 0.15) is 11.1 Å². The predicted molar refractivity (Wildman–Crippen MR) is 132 cm³/mol. The highest BCUT2D eigenvalue weighted by atomic mass is 32.2. The van der Waals surface area contributed by atoms with Crippen molar-refractivity contribution in [3.8, 4) is 23.0 Å². The molecule has 0 saturated carbocycles. The number of nitrogens with zero attached hydrogens (tertiary/aromatic N) is 1. The third-order valence-corrected chi connectivity index (χ3v) is 6.15. The van der Waals surface area contributed by atoms with Crippen LogP contribution in [-0.2, 0) is 16.0 Å². The number of hydrogen-bond donors (Lipinski definition) is 1. The standard InChI is InChI=1S/C25H24N2O7S/c1-4-5-16-10-15(11-20(31-2)23(16)32-3)12-21-24(29)27(25(30)35-21)14-22(28)26-17-6-7-18-19(13-17)34-9-8-33-18/h4,6-7,10-13H,1,5,8-9,14H2,2-3H3,(H,26,28)/b21-12-. The van der Waals surface area contributed by atoms with E-state index in [1.165, 1.54) is 7.11 Å². The van der Waals surface area contributed by atoms with E-state index in [2.05, 4.69) is 11.9 Å². The van der Waals surface area contributed by atoms with E-state index in [4.69, 9.17) is 18.9 Å². The first-order valence-electron chi connectivity index (χ1n) is 10.7. The monoisotopic (exact) mass is 496 g/mol. The van der Waals surface area contributed by atoms with Crippen LogP contribution in [0.25, 0.3) is 6.08 Å². The minimum atomic E-state index is -0.544. The van der Waals surface area contributed by atoms with E-state index in [0.717, 1.165) is 22.2 Å². The van der Waals surface area contributed by atoms with E-state index in [0.29, 0.717) is 53.9 Å². The molecule has 9 nitrogen and oxygen atoms in total. The summed E-state index contributed by atoms with van der Waals surface area (Å²) in [4.78, 5) is 39.1. The summed E-state index contributed by atoms with van der Waals surface area (Å²) >= 11 is 0.776. The van der Waals surface area contributed by atoms with Gasteiger partial charge in [0, 0.05) is 17.3 Å². The molecule has 35 heavy (non-hydrogen) atoms. The summed E-state index contributed by atoms with van der Waals surface area (Å²) in [6.07, 6.45) is 3.86. The fourth-order valence-corrected chi connectivity index (χ4v) is 4.55. The van der Waals surface area contributed by atoms with Gasteiger partial charge in [0.15, 0.2) is 23.0 Å². The molecule has 0 radical (unpaired) electrons. The van der Waals surface area contributed by atoms with Gasteiger partial charge in [-0.25, -0.2) is 0 Å². The Morgan fingerprint density at radius 2 is 1.91 bits per heavy atom. The van der Waals surface area contributed by atoms with Crippen LogP contribution in [0.5, 0.6) is 23.0 Å². The number of allylic oxidation sites excluding steroid dienone is 1. The molecule has 182 valence electrons. The highest BCUT2D eigenvalue weighted by Crippen LogP contribution is 2.37. The lowest BCUT2D eigenvalue weighted by Gasteiger charge is -2.19. The molecule has 2 aromatic rings. The molecule has 2 aliphatic heterocycles. The minimum Gasteiger partial charge on any atom is -0.493 e. The maximum absolute atomic E-state index is 12.9. The highest BCUT2D eigenvalue weighted by molar-refractivity contribution is 8.18. The first-order chi connectivity index (χ1) is 16.9. The largest absolute Gasteiger partial charge is 0.493 e. The van der Waals surface area contributed by atoms with E-state index in [1.54, 1.807) is 43.5 Å². The summed E-state index contributed by atoms with van der Waals surface area (Å²) in [6, 6.07) is 8.55. The zero-order valence-corrected chi connectivity index (χ0v) is 20.1. The fraction of sp³-hybridized carbons (Fsp3) is 0.240. The quantitative estimate of drug-likeness (QED) is 0.434. The number of rotatable bonds is 8. The van der Waals surface area contributed by atoms with E-state index in [9.17, 15) is 14.4 Å². The van der Waals surface area contributed by atoms with E-state index in [-0.39, 0.29) is 4.91 Å². The number of benzene rings is 2. The SMILES string of the molecule is C=CCc1cc(/C=C2\SC(=O)N(CC(=O)Nc3ccc4c(c3)OCCO4)C2=O)cc(OC)c1OC. The van der Waals surface area contributed by atoms with Crippen LogP contribution in [0.4, 0.5) is 10.5 Å². The van der Waals surface area contributed by atoms with Crippen molar-refractivity contribution >= 4 is 40.6 Å². The van der Waals surface area contributed by atoms with Crippen LogP contribution in [0.15, 0.2) is 47.9 Å². The molecule has 0 atom stereocenters. The Balaban J connectivity index is 1.48. The first-order valence-corrected chi connectivity index (χ1v) is 11.6. The second kappa shape index (κ2) is 10.6. The van der Waals surface area contributed by atoms with Gasteiger partial charge in [-0.3, -0.25) is 19.3 Å². The second-order valence-corrected chi connectivity index (χ2v) is 8.58. The normalized spacial score (nSPS) is 15.8. The second-order valence-electron chi connectivity index (χ2n) is 7.58. The average Bonchev–Trinajstić information content (AvgIpc) is 3.11. The number of carbonyl (C=O) groups excluding carboxylic acids is 3. The van der Waals surface area contributed by atoms with Gasteiger partial charge >= 0.3 is 0 Å². The van der Waals surface area contributed by atoms with Crippen molar-refractivity contribution in [2.24, 2.45) is 0 Å². The Bertz CT molecular complexity index is 1220. The third kappa shape index (κ3) is 5.27. The van der Waals surface area contributed by atoms with Gasteiger partial charge in [-0.05, 0) is 54.1 Å². The molecule has 0 spiro atoms. The summed E-state index contributed by atoms with van der Waals surface area (Å²) in [6.45, 7) is 4.23. The summed E-state index contributed by atoms with van der Waals surface area (Å²) in [5.41, 5.74) is 1.96.